The Balaban J connectivity index is 1.56. The maximum Gasteiger partial charge on any atom is 0.255 e. The number of hydrogen-bond acceptors (Lipinski definition) is 4. The van der Waals surface area contributed by atoms with E-state index in [1.807, 2.05) is 54.8 Å². The number of benzene rings is 2. The monoisotopic (exact) mass is 400 g/mol. The lowest BCUT2D eigenvalue weighted by atomic mass is 10.1. The van der Waals surface area contributed by atoms with Crippen molar-refractivity contribution in [3.05, 3.63) is 70.9 Å². The van der Waals surface area contributed by atoms with E-state index in [2.05, 4.69) is 5.16 Å². The summed E-state index contributed by atoms with van der Waals surface area (Å²) in [5, 5.41) is 4.60. The maximum absolute atomic E-state index is 12.7. The van der Waals surface area contributed by atoms with Gasteiger partial charge in [-0.05, 0) is 30.9 Å². The molecule has 27 heavy (non-hydrogen) atoms. The number of aryl methyl sites for hydroxylation is 1. The van der Waals surface area contributed by atoms with Crippen LogP contribution < -0.4 is 0 Å². The lowest BCUT2D eigenvalue weighted by Crippen LogP contribution is -2.28. The van der Waals surface area contributed by atoms with Crippen LogP contribution in [0.25, 0.3) is 11.3 Å². The van der Waals surface area contributed by atoms with Gasteiger partial charge in [-0.15, -0.1) is 11.8 Å². The molecule has 3 aromatic rings. The summed E-state index contributed by atoms with van der Waals surface area (Å²) in [5.41, 5.74) is 2.40. The first-order valence-electron chi connectivity index (χ1n) is 8.68. The van der Waals surface area contributed by atoms with Crippen molar-refractivity contribution in [3.63, 3.8) is 0 Å². The Kier molecular flexibility index (Phi) is 6.58. The minimum absolute atomic E-state index is 0.0709. The number of hydrogen-bond donors (Lipinski definition) is 0. The molecule has 1 amide bonds. The van der Waals surface area contributed by atoms with Crippen molar-refractivity contribution in [2.24, 2.45) is 0 Å². The van der Waals surface area contributed by atoms with Crippen LogP contribution in [0.5, 0.6) is 0 Å². The molecule has 1 aromatic heterocycles. The minimum atomic E-state index is -0.0709. The third-order valence-electron chi connectivity index (χ3n) is 4.30. The van der Waals surface area contributed by atoms with Crippen molar-refractivity contribution in [3.8, 4) is 11.3 Å². The zero-order valence-electron chi connectivity index (χ0n) is 15.3. The summed E-state index contributed by atoms with van der Waals surface area (Å²) in [6.07, 6.45) is 3.48. The second-order valence-corrected chi connectivity index (χ2v) is 7.51. The molecule has 6 heteroatoms. The van der Waals surface area contributed by atoms with Gasteiger partial charge in [-0.3, -0.25) is 4.79 Å². The number of rotatable bonds is 7. The van der Waals surface area contributed by atoms with E-state index in [9.17, 15) is 4.79 Å². The SMILES string of the molecule is CSc1ccc(Cl)c(C(=O)N(C)CCCc2cc(-c3ccccc3)no2)c1. The summed E-state index contributed by atoms with van der Waals surface area (Å²) in [5.74, 6) is 0.746. The molecule has 0 saturated heterocycles. The van der Waals surface area contributed by atoms with Gasteiger partial charge < -0.3 is 9.42 Å². The van der Waals surface area contributed by atoms with Crippen molar-refractivity contribution in [1.29, 1.82) is 0 Å². The molecule has 0 N–H and O–H groups in total. The fraction of sp³-hybridized carbons (Fsp3) is 0.238. The molecule has 0 aliphatic rings. The van der Waals surface area contributed by atoms with Gasteiger partial charge in [0.25, 0.3) is 5.91 Å². The summed E-state index contributed by atoms with van der Waals surface area (Å²) < 4.78 is 5.42. The number of thioether (sulfide) groups is 1. The molecule has 0 unspecified atom stereocenters. The van der Waals surface area contributed by atoms with Crippen molar-refractivity contribution in [2.45, 2.75) is 17.7 Å². The zero-order chi connectivity index (χ0) is 19.2. The summed E-state index contributed by atoms with van der Waals surface area (Å²) in [6.45, 7) is 0.611. The standard InChI is InChI=1S/C21H21ClN2O2S/c1-24(21(25)18-14-17(27-2)10-11-19(18)22)12-6-9-16-13-20(23-26-16)15-7-4-3-5-8-15/h3-5,7-8,10-11,13-14H,6,9,12H2,1-2H3. The van der Waals surface area contributed by atoms with Crippen molar-refractivity contribution < 1.29 is 9.32 Å². The minimum Gasteiger partial charge on any atom is -0.361 e. The van der Waals surface area contributed by atoms with Crippen LogP contribution in [0.3, 0.4) is 0 Å². The number of halogens is 1. The summed E-state index contributed by atoms with van der Waals surface area (Å²) in [4.78, 5) is 15.4. The lowest BCUT2D eigenvalue weighted by molar-refractivity contribution is 0.0792. The van der Waals surface area contributed by atoms with Crippen LogP contribution >= 0.6 is 23.4 Å². The van der Waals surface area contributed by atoms with E-state index in [1.165, 1.54) is 0 Å². The molecule has 0 radical (unpaired) electrons. The van der Waals surface area contributed by atoms with E-state index in [0.29, 0.717) is 17.1 Å². The highest BCUT2D eigenvalue weighted by atomic mass is 35.5. The molecule has 0 aliphatic heterocycles. The first-order valence-corrected chi connectivity index (χ1v) is 10.3. The Morgan fingerprint density at radius 3 is 2.70 bits per heavy atom. The predicted octanol–water partition coefficient (Wildman–Crippen LogP) is 5.42. The fourth-order valence-corrected chi connectivity index (χ4v) is 3.41. The average Bonchev–Trinajstić information content (AvgIpc) is 3.17. The van der Waals surface area contributed by atoms with Gasteiger partial charge in [0.1, 0.15) is 11.5 Å². The molecule has 0 fully saturated rings. The Bertz CT molecular complexity index is 912. The highest BCUT2D eigenvalue weighted by Crippen LogP contribution is 2.24. The smallest absolute Gasteiger partial charge is 0.255 e. The van der Waals surface area contributed by atoms with Crippen LogP contribution in [0.15, 0.2) is 64.0 Å². The molecule has 3 rings (SSSR count). The van der Waals surface area contributed by atoms with Crippen LogP contribution in [-0.4, -0.2) is 35.8 Å². The van der Waals surface area contributed by atoms with Gasteiger partial charge in [-0.2, -0.15) is 0 Å². The summed E-state index contributed by atoms with van der Waals surface area (Å²) in [6, 6.07) is 17.4. The molecule has 2 aromatic carbocycles. The van der Waals surface area contributed by atoms with E-state index < -0.39 is 0 Å². The lowest BCUT2D eigenvalue weighted by Gasteiger charge is -2.18. The molecule has 1 heterocycles. The van der Waals surface area contributed by atoms with Crippen LogP contribution in [-0.2, 0) is 6.42 Å². The molecular formula is C21H21ClN2O2S. The van der Waals surface area contributed by atoms with E-state index in [0.717, 1.165) is 34.8 Å². The molecule has 140 valence electrons. The average molecular weight is 401 g/mol. The number of carbonyl (C=O) groups is 1. The first kappa shape index (κ1) is 19.5. The highest BCUT2D eigenvalue weighted by Gasteiger charge is 2.16. The highest BCUT2D eigenvalue weighted by molar-refractivity contribution is 7.98. The Labute approximate surface area is 168 Å². The summed E-state index contributed by atoms with van der Waals surface area (Å²) in [7, 11) is 1.79. The van der Waals surface area contributed by atoms with Crippen molar-refractivity contribution in [2.75, 3.05) is 19.8 Å². The Morgan fingerprint density at radius 2 is 1.96 bits per heavy atom. The van der Waals surface area contributed by atoms with Crippen LogP contribution in [0.2, 0.25) is 5.02 Å². The van der Waals surface area contributed by atoms with Gasteiger partial charge in [0, 0.05) is 36.5 Å². The van der Waals surface area contributed by atoms with E-state index in [4.69, 9.17) is 16.1 Å². The number of aromatic nitrogens is 1. The predicted molar refractivity (Wildman–Crippen MR) is 110 cm³/mol. The number of carbonyl (C=O) groups excluding carboxylic acids is 1. The van der Waals surface area contributed by atoms with E-state index in [-0.39, 0.29) is 5.91 Å². The van der Waals surface area contributed by atoms with Gasteiger partial charge in [0.15, 0.2) is 0 Å². The second-order valence-electron chi connectivity index (χ2n) is 6.22. The third kappa shape index (κ3) is 4.93. The van der Waals surface area contributed by atoms with Gasteiger partial charge in [-0.25, -0.2) is 0 Å². The molecule has 0 spiro atoms. The molecule has 4 nitrogen and oxygen atoms in total. The summed E-state index contributed by atoms with van der Waals surface area (Å²) >= 11 is 7.79. The number of nitrogens with zero attached hydrogens (tertiary/aromatic N) is 2. The van der Waals surface area contributed by atoms with Crippen molar-refractivity contribution >= 4 is 29.3 Å². The largest absolute Gasteiger partial charge is 0.361 e. The molecular weight excluding hydrogens is 380 g/mol. The zero-order valence-corrected chi connectivity index (χ0v) is 16.9. The van der Waals surface area contributed by atoms with Gasteiger partial charge >= 0.3 is 0 Å². The topological polar surface area (TPSA) is 46.3 Å². The van der Waals surface area contributed by atoms with Gasteiger partial charge in [0.05, 0.1) is 10.6 Å². The molecule has 0 bridgehead atoms. The van der Waals surface area contributed by atoms with E-state index in [1.54, 1.807) is 29.8 Å². The third-order valence-corrected chi connectivity index (χ3v) is 5.35. The number of amides is 1. The van der Waals surface area contributed by atoms with E-state index >= 15 is 0 Å². The first-order chi connectivity index (χ1) is 13.1. The molecule has 0 atom stereocenters. The van der Waals surface area contributed by atoms with Gasteiger partial charge in [0.2, 0.25) is 0 Å². The normalized spacial score (nSPS) is 10.8. The fourth-order valence-electron chi connectivity index (χ4n) is 2.77. The maximum atomic E-state index is 12.7. The van der Waals surface area contributed by atoms with Crippen LogP contribution in [0.4, 0.5) is 0 Å². The quantitative estimate of drug-likeness (QED) is 0.496. The van der Waals surface area contributed by atoms with Crippen LogP contribution in [0, 0.1) is 0 Å². The molecule has 0 saturated carbocycles. The van der Waals surface area contributed by atoms with Crippen molar-refractivity contribution in [1.82, 2.24) is 10.1 Å². The Morgan fingerprint density at radius 1 is 1.19 bits per heavy atom. The second kappa shape index (κ2) is 9.11. The Hall–Kier alpha value is -2.24. The molecule has 0 aliphatic carbocycles. The van der Waals surface area contributed by atoms with Gasteiger partial charge in [-0.1, -0.05) is 47.1 Å². The van der Waals surface area contributed by atoms with Crippen LogP contribution in [0.1, 0.15) is 22.5 Å².